The topological polar surface area (TPSA) is 49.6 Å². The highest BCUT2D eigenvalue weighted by Crippen LogP contribution is 2.16. The van der Waals surface area contributed by atoms with Crippen LogP contribution in [0.4, 0.5) is 0 Å². The second kappa shape index (κ2) is 10.2. The average molecular weight is 297 g/mol. The molecule has 0 aliphatic carbocycles. The Morgan fingerprint density at radius 1 is 1.14 bits per heavy atom. The Labute approximate surface area is 131 Å². The Balaban J connectivity index is 2.55. The van der Waals surface area contributed by atoms with Gasteiger partial charge in [0, 0.05) is 38.6 Å². The summed E-state index contributed by atoms with van der Waals surface area (Å²) in [4.78, 5) is 16.9. The Bertz CT molecular complexity index is 286. The van der Waals surface area contributed by atoms with Gasteiger partial charge in [-0.25, -0.2) is 0 Å². The van der Waals surface area contributed by atoms with Gasteiger partial charge in [-0.05, 0) is 31.7 Å². The van der Waals surface area contributed by atoms with Crippen LogP contribution >= 0.6 is 0 Å². The zero-order valence-electron chi connectivity index (χ0n) is 14.3. The van der Waals surface area contributed by atoms with Gasteiger partial charge in [-0.1, -0.05) is 33.6 Å². The van der Waals surface area contributed by atoms with E-state index in [-0.39, 0.29) is 6.04 Å². The van der Waals surface area contributed by atoms with E-state index in [9.17, 15) is 4.79 Å². The maximum Gasteiger partial charge on any atom is 0.224 e. The highest BCUT2D eigenvalue weighted by molar-refractivity contribution is 5.76. The molecule has 21 heavy (non-hydrogen) atoms. The van der Waals surface area contributed by atoms with Crippen molar-refractivity contribution in [2.75, 3.05) is 32.7 Å². The molecule has 0 saturated carbocycles. The molecule has 124 valence electrons. The van der Waals surface area contributed by atoms with Crippen LogP contribution in [0.5, 0.6) is 0 Å². The van der Waals surface area contributed by atoms with Gasteiger partial charge in [0.2, 0.25) is 5.91 Å². The maximum atomic E-state index is 12.5. The highest BCUT2D eigenvalue weighted by atomic mass is 16.2. The molecule has 0 aromatic heterocycles. The maximum absolute atomic E-state index is 12.5. The number of piperidine rings is 1. The van der Waals surface area contributed by atoms with Crippen LogP contribution in [-0.2, 0) is 4.79 Å². The van der Waals surface area contributed by atoms with E-state index in [1.54, 1.807) is 0 Å². The number of carbonyl (C=O) groups is 1. The average Bonchev–Trinajstić information content (AvgIpc) is 2.55. The number of rotatable bonds is 9. The molecule has 2 N–H and O–H groups in total. The van der Waals surface area contributed by atoms with Crippen molar-refractivity contribution >= 4 is 5.91 Å². The molecular formula is C17H35N3O. The van der Waals surface area contributed by atoms with Crippen molar-refractivity contribution in [3.8, 4) is 0 Å². The second-order valence-electron chi connectivity index (χ2n) is 6.31. The fraction of sp³-hybridized carbons (Fsp3) is 0.941. The molecular weight excluding hydrogens is 262 g/mol. The lowest BCUT2D eigenvalue weighted by Gasteiger charge is -2.34. The summed E-state index contributed by atoms with van der Waals surface area (Å²) in [5.74, 6) is 1.01. The van der Waals surface area contributed by atoms with Gasteiger partial charge in [-0.15, -0.1) is 0 Å². The number of carbonyl (C=O) groups excluding carboxylic acids is 1. The van der Waals surface area contributed by atoms with Crippen LogP contribution in [0.25, 0.3) is 0 Å². The summed E-state index contributed by atoms with van der Waals surface area (Å²) < 4.78 is 0. The summed E-state index contributed by atoms with van der Waals surface area (Å²) in [5, 5.41) is 0. The molecule has 1 aliphatic heterocycles. The highest BCUT2D eigenvalue weighted by Gasteiger charge is 2.24. The Kier molecular flexibility index (Phi) is 8.93. The van der Waals surface area contributed by atoms with Crippen molar-refractivity contribution in [3.05, 3.63) is 0 Å². The molecule has 0 radical (unpaired) electrons. The molecule has 4 nitrogen and oxygen atoms in total. The van der Waals surface area contributed by atoms with Crippen LogP contribution in [0.1, 0.15) is 59.3 Å². The zero-order valence-corrected chi connectivity index (χ0v) is 14.3. The van der Waals surface area contributed by atoms with Crippen molar-refractivity contribution in [2.45, 2.75) is 65.3 Å². The van der Waals surface area contributed by atoms with Gasteiger partial charge in [0.15, 0.2) is 0 Å². The van der Waals surface area contributed by atoms with E-state index in [4.69, 9.17) is 5.73 Å². The Morgan fingerprint density at radius 3 is 2.24 bits per heavy atom. The van der Waals surface area contributed by atoms with Crippen LogP contribution < -0.4 is 5.73 Å². The normalized spacial score (nSPS) is 17.5. The third-order valence-electron chi connectivity index (χ3n) is 4.96. The van der Waals surface area contributed by atoms with E-state index in [0.717, 1.165) is 39.0 Å². The van der Waals surface area contributed by atoms with E-state index in [2.05, 4.69) is 25.7 Å². The van der Waals surface area contributed by atoms with Gasteiger partial charge >= 0.3 is 0 Å². The first kappa shape index (κ1) is 18.4. The summed E-state index contributed by atoms with van der Waals surface area (Å²) >= 11 is 0. The van der Waals surface area contributed by atoms with Crippen LogP contribution in [0, 0.1) is 5.92 Å². The van der Waals surface area contributed by atoms with E-state index in [0.29, 0.717) is 24.8 Å². The first-order valence-corrected chi connectivity index (χ1v) is 8.88. The number of likely N-dealkylation sites (tertiary alicyclic amines) is 1. The largest absolute Gasteiger partial charge is 0.343 e. The third-order valence-corrected chi connectivity index (χ3v) is 4.96. The molecule has 0 aromatic carbocycles. The lowest BCUT2D eigenvalue weighted by atomic mass is 10.0. The predicted molar refractivity (Wildman–Crippen MR) is 89.2 cm³/mol. The molecule has 1 fully saturated rings. The monoisotopic (exact) mass is 297 g/mol. The molecule has 1 atom stereocenters. The molecule has 1 aliphatic rings. The minimum atomic E-state index is 0.199. The van der Waals surface area contributed by atoms with Gasteiger partial charge in [-0.3, -0.25) is 9.69 Å². The van der Waals surface area contributed by atoms with E-state index < -0.39 is 0 Å². The molecule has 1 amide bonds. The summed E-state index contributed by atoms with van der Waals surface area (Å²) in [6, 6.07) is 0.199. The lowest BCUT2D eigenvalue weighted by Crippen LogP contribution is -2.47. The van der Waals surface area contributed by atoms with Crippen LogP contribution in [0.2, 0.25) is 0 Å². The molecule has 1 saturated heterocycles. The fourth-order valence-electron chi connectivity index (χ4n) is 3.25. The van der Waals surface area contributed by atoms with Crippen molar-refractivity contribution < 1.29 is 4.79 Å². The predicted octanol–water partition coefficient (Wildman–Crippen LogP) is 2.47. The fourth-order valence-corrected chi connectivity index (χ4v) is 3.25. The molecule has 1 unspecified atom stereocenters. The SMILES string of the molecule is CCC(CC)CN(CC)C(CN)CC(=O)N1CCCCC1. The molecule has 4 heteroatoms. The standard InChI is InChI=1S/C17H35N3O/c1-4-15(5-2)14-19(6-3)16(13-18)12-17(21)20-10-8-7-9-11-20/h15-16H,4-14,18H2,1-3H3. The molecule has 0 spiro atoms. The van der Waals surface area contributed by atoms with Crippen LogP contribution in [0.15, 0.2) is 0 Å². The van der Waals surface area contributed by atoms with Gasteiger partial charge in [0.25, 0.3) is 0 Å². The Morgan fingerprint density at radius 2 is 1.76 bits per heavy atom. The van der Waals surface area contributed by atoms with Crippen LogP contribution in [-0.4, -0.2) is 54.5 Å². The summed E-state index contributed by atoms with van der Waals surface area (Å²) in [6.07, 6.45) is 6.56. The van der Waals surface area contributed by atoms with Crippen LogP contribution in [0.3, 0.4) is 0 Å². The van der Waals surface area contributed by atoms with E-state index in [1.165, 1.54) is 19.3 Å². The van der Waals surface area contributed by atoms with Crippen molar-refractivity contribution in [1.82, 2.24) is 9.80 Å². The summed E-state index contributed by atoms with van der Waals surface area (Å²) in [6.45, 7) is 11.2. The molecule has 0 bridgehead atoms. The van der Waals surface area contributed by atoms with Gasteiger partial charge in [0.05, 0.1) is 0 Å². The number of nitrogens with zero attached hydrogens (tertiary/aromatic N) is 2. The van der Waals surface area contributed by atoms with Crippen molar-refractivity contribution in [1.29, 1.82) is 0 Å². The summed E-state index contributed by atoms with van der Waals surface area (Å²) in [7, 11) is 0. The van der Waals surface area contributed by atoms with Gasteiger partial charge in [0.1, 0.15) is 0 Å². The number of nitrogens with two attached hydrogens (primary N) is 1. The smallest absolute Gasteiger partial charge is 0.224 e. The number of amides is 1. The first-order chi connectivity index (χ1) is 10.2. The number of likely N-dealkylation sites (N-methyl/N-ethyl adjacent to an activating group) is 1. The zero-order chi connectivity index (χ0) is 15.7. The molecule has 1 heterocycles. The first-order valence-electron chi connectivity index (χ1n) is 8.88. The Hall–Kier alpha value is -0.610. The van der Waals surface area contributed by atoms with Gasteiger partial charge < -0.3 is 10.6 Å². The number of hydrogen-bond acceptors (Lipinski definition) is 3. The van der Waals surface area contributed by atoms with E-state index in [1.807, 2.05) is 4.90 Å². The second-order valence-corrected chi connectivity index (χ2v) is 6.31. The quantitative estimate of drug-likeness (QED) is 0.711. The lowest BCUT2D eigenvalue weighted by molar-refractivity contribution is -0.133. The van der Waals surface area contributed by atoms with Crippen molar-refractivity contribution in [2.24, 2.45) is 11.7 Å². The number of hydrogen-bond donors (Lipinski definition) is 1. The van der Waals surface area contributed by atoms with Gasteiger partial charge in [-0.2, -0.15) is 0 Å². The minimum absolute atomic E-state index is 0.199. The van der Waals surface area contributed by atoms with E-state index >= 15 is 0 Å². The minimum Gasteiger partial charge on any atom is -0.343 e. The van der Waals surface area contributed by atoms with Crippen molar-refractivity contribution in [3.63, 3.8) is 0 Å². The molecule has 0 aromatic rings. The summed E-state index contributed by atoms with van der Waals surface area (Å²) in [5.41, 5.74) is 5.97. The third kappa shape index (κ3) is 5.95. The molecule has 1 rings (SSSR count).